The molecule has 1 unspecified atom stereocenters. The molecule has 0 saturated heterocycles. The highest BCUT2D eigenvalue weighted by atomic mass is 35.5. The van der Waals surface area contributed by atoms with Crippen molar-refractivity contribution in [2.75, 3.05) is 26.0 Å². The number of para-hydroxylation sites is 1. The second-order valence-electron chi connectivity index (χ2n) is 5.12. The summed E-state index contributed by atoms with van der Waals surface area (Å²) >= 11 is 7.89. The number of rotatable bonds is 10. The van der Waals surface area contributed by atoms with Crippen LogP contribution in [0.2, 0.25) is 5.02 Å². The molecule has 0 aliphatic heterocycles. The van der Waals surface area contributed by atoms with Gasteiger partial charge in [0, 0.05) is 17.8 Å². The van der Waals surface area contributed by atoms with Crippen LogP contribution in [0.4, 0.5) is 0 Å². The van der Waals surface area contributed by atoms with Crippen LogP contribution in [0.15, 0.2) is 24.3 Å². The molecule has 0 amide bonds. The van der Waals surface area contributed by atoms with Gasteiger partial charge in [0.15, 0.2) is 0 Å². The summed E-state index contributed by atoms with van der Waals surface area (Å²) in [5.41, 5.74) is 0. The predicted octanol–water partition coefficient (Wildman–Crippen LogP) is 3.59. The van der Waals surface area contributed by atoms with Gasteiger partial charge in [0.05, 0.1) is 5.02 Å². The molecule has 3 nitrogen and oxygen atoms in total. The van der Waals surface area contributed by atoms with E-state index in [1.165, 1.54) is 0 Å². The second-order valence-corrected chi connectivity index (χ2v) is 6.80. The first-order valence-electron chi connectivity index (χ1n) is 7.38. The fraction of sp³-hybridized carbons (Fsp3) is 0.625. The highest BCUT2D eigenvalue weighted by molar-refractivity contribution is 8.00. The molecule has 0 aliphatic rings. The third-order valence-electron chi connectivity index (χ3n) is 3.82. The van der Waals surface area contributed by atoms with Gasteiger partial charge in [-0.15, -0.1) is 0 Å². The van der Waals surface area contributed by atoms with E-state index in [1.807, 2.05) is 23.9 Å². The number of benzene rings is 1. The molecular weight excluding hydrogens is 306 g/mol. The molecular formula is C16H26ClNO2S. The Morgan fingerprint density at radius 2 is 2.00 bits per heavy atom. The van der Waals surface area contributed by atoms with E-state index in [0.29, 0.717) is 17.3 Å². The van der Waals surface area contributed by atoms with Crippen molar-refractivity contribution in [2.24, 2.45) is 0 Å². The Morgan fingerprint density at radius 1 is 1.33 bits per heavy atom. The summed E-state index contributed by atoms with van der Waals surface area (Å²) in [6, 6.07) is 7.29. The van der Waals surface area contributed by atoms with Crippen molar-refractivity contribution in [1.29, 1.82) is 0 Å². The van der Waals surface area contributed by atoms with Gasteiger partial charge in [-0.2, -0.15) is 11.8 Å². The van der Waals surface area contributed by atoms with Crippen molar-refractivity contribution in [3.05, 3.63) is 29.3 Å². The number of aliphatic hydroxyl groups is 1. The van der Waals surface area contributed by atoms with Crippen LogP contribution in [-0.4, -0.2) is 41.9 Å². The molecule has 0 fully saturated rings. The molecule has 1 aromatic rings. The molecule has 120 valence electrons. The Morgan fingerprint density at radius 3 is 2.57 bits per heavy atom. The first-order valence-corrected chi connectivity index (χ1v) is 8.98. The summed E-state index contributed by atoms with van der Waals surface area (Å²) in [6.45, 7) is 6.07. The Kier molecular flexibility index (Phi) is 8.49. The average molecular weight is 332 g/mol. The maximum atomic E-state index is 9.98. The van der Waals surface area contributed by atoms with E-state index in [4.69, 9.17) is 16.3 Å². The second kappa shape index (κ2) is 9.57. The van der Waals surface area contributed by atoms with Gasteiger partial charge in [0.2, 0.25) is 0 Å². The quantitative estimate of drug-likeness (QED) is 0.687. The lowest BCUT2D eigenvalue weighted by Crippen LogP contribution is -2.41. The van der Waals surface area contributed by atoms with Crippen molar-refractivity contribution < 1.29 is 9.84 Å². The Hall–Kier alpha value is -0.420. The van der Waals surface area contributed by atoms with E-state index in [-0.39, 0.29) is 11.4 Å². The first kappa shape index (κ1) is 18.6. The Bertz CT molecular complexity index is 405. The lowest BCUT2D eigenvalue weighted by Gasteiger charge is -2.30. The minimum absolute atomic E-state index is 0.237. The Labute approximate surface area is 137 Å². The van der Waals surface area contributed by atoms with Crippen molar-refractivity contribution in [1.82, 2.24) is 5.32 Å². The van der Waals surface area contributed by atoms with Gasteiger partial charge in [-0.25, -0.2) is 0 Å². The van der Waals surface area contributed by atoms with E-state index in [2.05, 4.69) is 25.4 Å². The molecule has 21 heavy (non-hydrogen) atoms. The largest absolute Gasteiger partial charge is 0.489 e. The molecule has 5 heteroatoms. The van der Waals surface area contributed by atoms with E-state index < -0.39 is 6.10 Å². The Balaban J connectivity index is 2.31. The molecule has 0 heterocycles. The summed E-state index contributed by atoms with van der Waals surface area (Å²) in [5.74, 6) is 0.610. The normalized spacial score (nSPS) is 13.2. The molecule has 0 aromatic heterocycles. The summed E-state index contributed by atoms with van der Waals surface area (Å²) in [4.78, 5) is 0. The number of thioether (sulfide) groups is 1. The average Bonchev–Trinajstić information content (AvgIpc) is 2.51. The van der Waals surface area contributed by atoms with Gasteiger partial charge in [-0.1, -0.05) is 37.6 Å². The molecule has 0 bridgehead atoms. The molecule has 1 atom stereocenters. The zero-order valence-electron chi connectivity index (χ0n) is 13.1. The van der Waals surface area contributed by atoms with Crippen LogP contribution in [0.5, 0.6) is 5.75 Å². The smallest absolute Gasteiger partial charge is 0.138 e. The van der Waals surface area contributed by atoms with E-state index in [0.717, 1.165) is 19.4 Å². The maximum absolute atomic E-state index is 9.98. The molecule has 2 N–H and O–H groups in total. The molecule has 0 radical (unpaired) electrons. The lowest BCUT2D eigenvalue weighted by atomic mass is 10.0. The van der Waals surface area contributed by atoms with Crippen molar-refractivity contribution in [3.63, 3.8) is 0 Å². The SMILES string of the molecule is CCC(CC)(CNCC(O)COc1ccccc1Cl)SC. The third kappa shape index (κ3) is 6.07. The van der Waals surface area contributed by atoms with E-state index >= 15 is 0 Å². The van der Waals surface area contributed by atoms with E-state index in [9.17, 15) is 5.11 Å². The molecule has 0 saturated carbocycles. The number of ether oxygens (including phenoxy) is 1. The number of hydrogen-bond acceptors (Lipinski definition) is 4. The predicted molar refractivity (Wildman–Crippen MR) is 92.7 cm³/mol. The standard InChI is InChI=1S/C16H26ClNO2S/c1-4-16(5-2,21-3)12-18-10-13(19)11-20-15-9-7-6-8-14(15)17/h6-9,13,18-19H,4-5,10-12H2,1-3H3. The molecule has 0 spiro atoms. The molecule has 0 aliphatic carbocycles. The molecule has 1 rings (SSSR count). The van der Waals surface area contributed by atoms with Crippen molar-refractivity contribution in [3.8, 4) is 5.75 Å². The van der Waals surface area contributed by atoms with Crippen LogP contribution < -0.4 is 10.1 Å². The van der Waals surface area contributed by atoms with Crippen LogP contribution in [0.1, 0.15) is 26.7 Å². The van der Waals surface area contributed by atoms with Gasteiger partial charge in [0.1, 0.15) is 18.5 Å². The summed E-state index contributed by atoms with van der Waals surface area (Å²) in [7, 11) is 0. The highest BCUT2D eigenvalue weighted by Gasteiger charge is 2.24. The maximum Gasteiger partial charge on any atom is 0.138 e. The minimum Gasteiger partial charge on any atom is -0.489 e. The van der Waals surface area contributed by atoms with Gasteiger partial charge in [-0.05, 0) is 31.2 Å². The number of hydrogen-bond donors (Lipinski definition) is 2. The van der Waals surface area contributed by atoms with Gasteiger partial charge in [0.25, 0.3) is 0 Å². The van der Waals surface area contributed by atoms with Gasteiger partial charge < -0.3 is 15.2 Å². The highest BCUT2D eigenvalue weighted by Crippen LogP contribution is 2.29. The van der Waals surface area contributed by atoms with E-state index in [1.54, 1.807) is 12.1 Å². The number of aliphatic hydroxyl groups excluding tert-OH is 1. The van der Waals surface area contributed by atoms with Crippen LogP contribution in [0.3, 0.4) is 0 Å². The summed E-state index contributed by atoms with van der Waals surface area (Å²) in [5, 5.41) is 13.9. The van der Waals surface area contributed by atoms with Gasteiger partial charge in [-0.3, -0.25) is 0 Å². The van der Waals surface area contributed by atoms with Gasteiger partial charge >= 0.3 is 0 Å². The number of nitrogens with one attached hydrogen (secondary N) is 1. The van der Waals surface area contributed by atoms with Crippen molar-refractivity contribution >= 4 is 23.4 Å². The number of halogens is 1. The minimum atomic E-state index is -0.547. The van der Waals surface area contributed by atoms with Crippen LogP contribution in [0.25, 0.3) is 0 Å². The third-order valence-corrected chi connectivity index (χ3v) is 5.72. The fourth-order valence-corrected chi connectivity index (χ4v) is 3.15. The van der Waals surface area contributed by atoms with Crippen LogP contribution in [0, 0.1) is 0 Å². The fourth-order valence-electron chi connectivity index (χ4n) is 2.13. The zero-order chi connectivity index (χ0) is 15.7. The van der Waals surface area contributed by atoms with Crippen LogP contribution >= 0.6 is 23.4 Å². The summed E-state index contributed by atoms with van der Waals surface area (Å²) < 4.78 is 5.79. The lowest BCUT2D eigenvalue weighted by molar-refractivity contribution is 0.106. The monoisotopic (exact) mass is 331 g/mol. The zero-order valence-corrected chi connectivity index (χ0v) is 14.6. The van der Waals surface area contributed by atoms with Crippen LogP contribution in [-0.2, 0) is 0 Å². The summed E-state index contributed by atoms with van der Waals surface area (Å²) in [6.07, 6.45) is 3.83. The first-order chi connectivity index (χ1) is 10.1. The van der Waals surface area contributed by atoms with Crippen molar-refractivity contribution in [2.45, 2.75) is 37.5 Å². The molecule has 1 aromatic carbocycles. The topological polar surface area (TPSA) is 41.5 Å².